The van der Waals surface area contributed by atoms with Crippen molar-refractivity contribution in [3.63, 3.8) is 0 Å². The first-order valence-electron chi connectivity index (χ1n) is 10.1. The number of nitrogens with zero attached hydrogens (tertiary/aromatic N) is 1. The molecular weight excluding hydrogens is 439 g/mol. The number of Topliss-reactive ketones (excluding diaryl/α,β-unsaturated/α-hetero) is 1. The summed E-state index contributed by atoms with van der Waals surface area (Å²) in [7, 11) is 0. The Kier molecular flexibility index (Phi) is 5.95. The molecule has 1 fully saturated rings. The molecule has 0 saturated carbocycles. The smallest absolute Gasteiger partial charge is 0.251 e. The molecule has 8 heteroatoms. The van der Waals surface area contributed by atoms with E-state index >= 15 is 0 Å². The Morgan fingerprint density at radius 3 is 2.48 bits per heavy atom. The van der Waals surface area contributed by atoms with Gasteiger partial charge in [0.25, 0.3) is 5.91 Å². The summed E-state index contributed by atoms with van der Waals surface area (Å²) in [6, 6.07) is 9.94. The van der Waals surface area contributed by atoms with Crippen LogP contribution in [0, 0.1) is 6.92 Å². The molecule has 2 aliphatic heterocycles. The van der Waals surface area contributed by atoms with E-state index in [4.69, 9.17) is 27.9 Å². The van der Waals surface area contributed by atoms with Crippen molar-refractivity contribution in [2.75, 3.05) is 19.6 Å². The van der Waals surface area contributed by atoms with Crippen molar-refractivity contribution in [2.45, 2.75) is 31.8 Å². The van der Waals surface area contributed by atoms with E-state index in [-0.39, 0.29) is 30.6 Å². The van der Waals surface area contributed by atoms with Crippen LogP contribution in [0.4, 0.5) is 0 Å². The SMILES string of the molecule is Cc1cc2c(cc1Cl)C(=O)CC1(CCN(C(=O)CNC(=O)c3ccc(Cl)cc3)CC1)O2. The van der Waals surface area contributed by atoms with Gasteiger partial charge in [0, 0.05) is 41.5 Å². The van der Waals surface area contributed by atoms with Gasteiger partial charge in [0.15, 0.2) is 5.78 Å². The van der Waals surface area contributed by atoms with Gasteiger partial charge >= 0.3 is 0 Å². The number of hydrogen-bond acceptors (Lipinski definition) is 4. The molecule has 0 bridgehead atoms. The number of nitrogens with one attached hydrogen (secondary N) is 1. The number of aryl methyl sites for hydroxylation is 1. The van der Waals surface area contributed by atoms with Crippen LogP contribution >= 0.6 is 23.2 Å². The molecule has 0 aromatic heterocycles. The molecule has 6 nitrogen and oxygen atoms in total. The van der Waals surface area contributed by atoms with E-state index in [1.54, 1.807) is 41.3 Å². The molecule has 2 aliphatic rings. The van der Waals surface area contributed by atoms with E-state index in [2.05, 4.69) is 5.32 Å². The highest BCUT2D eigenvalue weighted by Crippen LogP contribution is 2.41. The maximum atomic E-state index is 12.7. The summed E-state index contributed by atoms with van der Waals surface area (Å²) in [5, 5.41) is 3.74. The molecule has 0 aliphatic carbocycles. The second kappa shape index (κ2) is 8.52. The van der Waals surface area contributed by atoms with Crippen LogP contribution in [0.1, 0.15) is 45.5 Å². The average molecular weight is 461 g/mol. The van der Waals surface area contributed by atoms with E-state index in [1.807, 2.05) is 6.92 Å². The van der Waals surface area contributed by atoms with Crippen molar-refractivity contribution in [2.24, 2.45) is 0 Å². The minimum Gasteiger partial charge on any atom is -0.486 e. The number of carbonyl (C=O) groups is 3. The molecule has 31 heavy (non-hydrogen) atoms. The van der Waals surface area contributed by atoms with Gasteiger partial charge in [-0.25, -0.2) is 0 Å². The summed E-state index contributed by atoms with van der Waals surface area (Å²) < 4.78 is 6.26. The zero-order chi connectivity index (χ0) is 22.2. The van der Waals surface area contributed by atoms with Gasteiger partial charge in [-0.05, 0) is 48.9 Å². The monoisotopic (exact) mass is 460 g/mol. The Labute approximate surface area is 190 Å². The fraction of sp³-hybridized carbons (Fsp3) is 0.348. The Balaban J connectivity index is 1.34. The molecule has 1 N–H and O–H groups in total. The fourth-order valence-electron chi connectivity index (χ4n) is 4.03. The standard InChI is InChI=1S/C23H22Cl2N2O4/c1-14-10-20-17(11-18(14)25)19(28)12-23(31-20)6-8-27(9-7-23)21(29)13-26-22(30)15-2-4-16(24)5-3-15/h2-5,10-11H,6-9,12-13H2,1H3,(H,26,30). The van der Waals surface area contributed by atoms with Crippen LogP contribution in [0.5, 0.6) is 5.75 Å². The number of ketones is 1. The van der Waals surface area contributed by atoms with Crippen molar-refractivity contribution in [3.8, 4) is 5.75 Å². The van der Waals surface area contributed by atoms with Gasteiger partial charge in [0.05, 0.1) is 18.5 Å². The third kappa shape index (κ3) is 4.55. The Morgan fingerprint density at radius 1 is 1.13 bits per heavy atom. The normalized spacial score (nSPS) is 17.1. The minimum atomic E-state index is -0.603. The van der Waals surface area contributed by atoms with Crippen LogP contribution < -0.4 is 10.1 Å². The zero-order valence-corrected chi connectivity index (χ0v) is 18.6. The molecule has 0 radical (unpaired) electrons. The highest BCUT2D eigenvalue weighted by Gasteiger charge is 2.43. The largest absolute Gasteiger partial charge is 0.486 e. The summed E-state index contributed by atoms with van der Waals surface area (Å²) in [6.45, 7) is 2.71. The van der Waals surface area contributed by atoms with E-state index in [0.29, 0.717) is 52.9 Å². The third-order valence-corrected chi connectivity index (χ3v) is 6.56. The van der Waals surface area contributed by atoms with Crippen molar-refractivity contribution >= 4 is 40.8 Å². The predicted octanol–water partition coefficient (Wildman–Crippen LogP) is 4.06. The van der Waals surface area contributed by atoms with Gasteiger partial charge in [0.1, 0.15) is 11.4 Å². The van der Waals surface area contributed by atoms with E-state index in [9.17, 15) is 14.4 Å². The number of amides is 2. The quantitative estimate of drug-likeness (QED) is 0.748. The second-order valence-corrected chi connectivity index (χ2v) is 8.90. The summed E-state index contributed by atoms with van der Waals surface area (Å²) in [5.74, 6) is 0.0824. The molecule has 1 spiro atoms. The number of halogens is 2. The lowest BCUT2D eigenvalue weighted by Gasteiger charge is -2.44. The van der Waals surface area contributed by atoms with Gasteiger partial charge in [0.2, 0.25) is 5.91 Å². The predicted molar refractivity (Wildman–Crippen MR) is 118 cm³/mol. The molecule has 4 rings (SSSR count). The van der Waals surface area contributed by atoms with Crippen molar-refractivity contribution < 1.29 is 19.1 Å². The number of fused-ring (bicyclic) bond motifs is 1. The topological polar surface area (TPSA) is 75.7 Å². The molecule has 2 aromatic carbocycles. The molecule has 0 unspecified atom stereocenters. The van der Waals surface area contributed by atoms with E-state index < -0.39 is 5.60 Å². The molecule has 2 amide bonds. The van der Waals surface area contributed by atoms with Gasteiger partial charge < -0.3 is 15.0 Å². The van der Waals surface area contributed by atoms with Crippen LogP contribution in [0.25, 0.3) is 0 Å². The highest BCUT2D eigenvalue weighted by molar-refractivity contribution is 6.32. The molecule has 2 aromatic rings. The summed E-state index contributed by atoms with van der Waals surface area (Å²) in [5.41, 5.74) is 1.21. The van der Waals surface area contributed by atoms with Gasteiger partial charge in [-0.2, -0.15) is 0 Å². The number of carbonyl (C=O) groups excluding carboxylic acids is 3. The maximum absolute atomic E-state index is 12.7. The summed E-state index contributed by atoms with van der Waals surface area (Å²) in [4.78, 5) is 39.2. The number of piperidine rings is 1. The van der Waals surface area contributed by atoms with E-state index in [1.165, 1.54) is 0 Å². The second-order valence-electron chi connectivity index (χ2n) is 8.05. The maximum Gasteiger partial charge on any atom is 0.251 e. The lowest BCUT2D eigenvalue weighted by molar-refractivity contribution is -0.133. The van der Waals surface area contributed by atoms with Gasteiger partial charge in [-0.3, -0.25) is 14.4 Å². The summed E-state index contributed by atoms with van der Waals surface area (Å²) >= 11 is 12.0. The minimum absolute atomic E-state index is 0.0122. The van der Waals surface area contributed by atoms with Gasteiger partial charge in [-0.1, -0.05) is 23.2 Å². The lowest BCUT2D eigenvalue weighted by atomic mass is 9.82. The van der Waals surface area contributed by atoms with Crippen LogP contribution in [0.15, 0.2) is 36.4 Å². The number of rotatable bonds is 3. The molecule has 162 valence electrons. The van der Waals surface area contributed by atoms with Crippen molar-refractivity contribution in [3.05, 3.63) is 63.1 Å². The first-order valence-corrected chi connectivity index (χ1v) is 10.9. The highest BCUT2D eigenvalue weighted by atomic mass is 35.5. The molecule has 0 atom stereocenters. The fourth-order valence-corrected chi connectivity index (χ4v) is 4.32. The first kappa shape index (κ1) is 21.7. The Hall–Kier alpha value is -2.57. The van der Waals surface area contributed by atoms with Crippen LogP contribution in [0.3, 0.4) is 0 Å². The number of hydrogen-bond donors (Lipinski definition) is 1. The first-order chi connectivity index (χ1) is 14.8. The summed E-state index contributed by atoms with van der Waals surface area (Å²) in [6.07, 6.45) is 1.38. The average Bonchev–Trinajstić information content (AvgIpc) is 2.74. The van der Waals surface area contributed by atoms with Crippen molar-refractivity contribution in [1.82, 2.24) is 10.2 Å². The number of benzene rings is 2. The van der Waals surface area contributed by atoms with Crippen molar-refractivity contribution in [1.29, 1.82) is 0 Å². The number of likely N-dealkylation sites (tertiary alicyclic amines) is 1. The Morgan fingerprint density at radius 2 is 1.81 bits per heavy atom. The lowest BCUT2D eigenvalue weighted by Crippen LogP contribution is -2.53. The van der Waals surface area contributed by atoms with Crippen LogP contribution in [-0.4, -0.2) is 47.7 Å². The molecular formula is C23H22Cl2N2O4. The van der Waals surface area contributed by atoms with Crippen LogP contribution in [-0.2, 0) is 4.79 Å². The zero-order valence-electron chi connectivity index (χ0n) is 17.0. The molecule has 1 saturated heterocycles. The molecule has 2 heterocycles. The van der Waals surface area contributed by atoms with Gasteiger partial charge in [-0.15, -0.1) is 0 Å². The van der Waals surface area contributed by atoms with E-state index in [0.717, 1.165) is 5.56 Å². The Bertz CT molecular complexity index is 1040. The third-order valence-electron chi connectivity index (χ3n) is 5.90. The van der Waals surface area contributed by atoms with Crippen LogP contribution in [0.2, 0.25) is 10.0 Å². The number of ether oxygens (including phenoxy) is 1.